The maximum absolute atomic E-state index is 9.58. The van der Waals surface area contributed by atoms with Crippen molar-refractivity contribution in [2.75, 3.05) is 26.7 Å². The van der Waals surface area contributed by atoms with E-state index in [1.807, 2.05) is 0 Å². The van der Waals surface area contributed by atoms with E-state index in [2.05, 4.69) is 18.9 Å². The molecule has 1 fully saturated rings. The van der Waals surface area contributed by atoms with Gasteiger partial charge in [-0.05, 0) is 20.0 Å². The molecule has 0 aromatic rings. The van der Waals surface area contributed by atoms with Crippen LogP contribution in [0.4, 0.5) is 0 Å². The third kappa shape index (κ3) is 1.72. The first-order chi connectivity index (χ1) is 5.08. The summed E-state index contributed by atoms with van der Waals surface area (Å²) in [4.78, 5) is 2.24. The van der Waals surface area contributed by atoms with E-state index in [0.717, 1.165) is 19.5 Å². The summed E-state index contributed by atoms with van der Waals surface area (Å²) in [6.07, 6.45) is 0.717. The molecule has 1 rings (SSSR count). The summed E-state index contributed by atoms with van der Waals surface area (Å²) in [6.45, 7) is 4.53. The van der Waals surface area contributed by atoms with Gasteiger partial charge < -0.3 is 15.7 Å². The Morgan fingerprint density at radius 1 is 1.73 bits per heavy atom. The minimum absolute atomic E-state index is 0.0312. The van der Waals surface area contributed by atoms with E-state index < -0.39 is 0 Å². The van der Waals surface area contributed by atoms with Crippen LogP contribution in [0.15, 0.2) is 0 Å². The van der Waals surface area contributed by atoms with E-state index in [9.17, 15) is 5.11 Å². The van der Waals surface area contributed by atoms with Crippen molar-refractivity contribution in [2.24, 2.45) is 11.1 Å². The van der Waals surface area contributed by atoms with E-state index in [0.29, 0.717) is 6.54 Å². The molecular weight excluding hydrogens is 140 g/mol. The number of rotatable bonds is 2. The van der Waals surface area contributed by atoms with Crippen molar-refractivity contribution >= 4 is 0 Å². The maximum Gasteiger partial charge on any atom is 0.0728 e. The van der Waals surface area contributed by atoms with Gasteiger partial charge in [0.05, 0.1) is 6.10 Å². The van der Waals surface area contributed by atoms with Crippen LogP contribution >= 0.6 is 0 Å². The largest absolute Gasteiger partial charge is 0.391 e. The summed E-state index contributed by atoms with van der Waals surface area (Å²) in [5.41, 5.74) is 5.45. The Morgan fingerprint density at radius 2 is 2.36 bits per heavy atom. The second kappa shape index (κ2) is 3.09. The quantitative estimate of drug-likeness (QED) is 0.577. The van der Waals surface area contributed by atoms with Gasteiger partial charge >= 0.3 is 0 Å². The van der Waals surface area contributed by atoms with Crippen LogP contribution in [0.5, 0.6) is 0 Å². The van der Waals surface area contributed by atoms with Crippen molar-refractivity contribution in [3.8, 4) is 0 Å². The first-order valence-electron chi connectivity index (χ1n) is 4.15. The van der Waals surface area contributed by atoms with E-state index in [1.165, 1.54) is 0 Å². The minimum Gasteiger partial charge on any atom is -0.391 e. The van der Waals surface area contributed by atoms with Crippen LogP contribution in [-0.2, 0) is 0 Å². The molecule has 0 amide bonds. The molecule has 3 nitrogen and oxygen atoms in total. The van der Waals surface area contributed by atoms with Crippen LogP contribution in [0.3, 0.4) is 0 Å². The van der Waals surface area contributed by atoms with Crippen LogP contribution in [-0.4, -0.2) is 42.8 Å². The Balaban J connectivity index is 2.54. The van der Waals surface area contributed by atoms with Crippen LogP contribution < -0.4 is 5.73 Å². The van der Waals surface area contributed by atoms with Crippen LogP contribution in [0, 0.1) is 5.41 Å². The maximum atomic E-state index is 9.58. The van der Waals surface area contributed by atoms with Gasteiger partial charge in [-0.3, -0.25) is 0 Å². The SMILES string of the molecule is CN1CCC(C)(C(O)CN)C1. The molecule has 2 atom stereocenters. The lowest BCUT2D eigenvalue weighted by Gasteiger charge is -2.28. The average molecular weight is 158 g/mol. The molecular formula is C8H18N2O. The molecule has 66 valence electrons. The highest BCUT2D eigenvalue weighted by atomic mass is 16.3. The molecule has 0 aliphatic carbocycles. The van der Waals surface area contributed by atoms with Crippen LogP contribution in [0.25, 0.3) is 0 Å². The summed E-state index contributed by atoms with van der Waals surface area (Å²) in [5.74, 6) is 0. The van der Waals surface area contributed by atoms with Gasteiger partial charge in [-0.2, -0.15) is 0 Å². The van der Waals surface area contributed by atoms with Gasteiger partial charge in [-0.25, -0.2) is 0 Å². The van der Waals surface area contributed by atoms with Gasteiger partial charge in [-0.15, -0.1) is 0 Å². The zero-order valence-corrected chi connectivity index (χ0v) is 7.38. The van der Waals surface area contributed by atoms with E-state index in [-0.39, 0.29) is 11.5 Å². The summed E-state index contributed by atoms with van der Waals surface area (Å²) >= 11 is 0. The predicted molar refractivity (Wildman–Crippen MR) is 45.3 cm³/mol. The fourth-order valence-corrected chi connectivity index (χ4v) is 1.78. The van der Waals surface area contributed by atoms with Crippen molar-refractivity contribution in [2.45, 2.75) is 19.4 Å². The number of nitrogens with two attached hydrogens (primary N) is 1. The second-order valence-corrected chi connectivity index (χ2v) is 3.89. The molecule has 3 N–H and O–H groups in total. The Labute approximate surface area is 68.2 Å². The Morgan fingerprint density at radius 3 is 2.73 bits per heavy atom. The summed E-state index contributed by atoms with van der Waals surface area (Å²) < 4.78 is 0. The van der Waals surface area contributed by atoms with Crippen molar-refractivity contribution in [3.63, 3.8) is 0 Å². The summed E-state index contributed by atoms with van der Waals surface area (Å²) in [5, 5.41) is 9.58. The number of likely N-dealkylation sites (tertiary alicyclic amines) is 1. The molecule has 0 saturated carbocycles. The standard InChI is InChI=1S/C8H18N2O/c1-8(7(11)5-9)3-4-10(2)6-8/h7,11H,3-6,9H2,1-2H3. The topological polar surface area (TPSA) is 49.5 Å². The Bertz CT molecular complexity index is 140. The highest BCUT2D eigenvalue weighted by Crippen LogP contribution is 2.31. The third-order valence-electron chi connectivity index (χ3n) is 2.72. The number of aliphatic hydroxyl groups excluding tert-OH is 1. The normalized spacial score (nSPS) is 36.0. The molecule has 1 aliphatic rings. The lowest BCUT2D eigenvalue weighted by Crippen LogP contribution is -2.39. The van der Waals surface area contributed by atoms with Crippen molar-refractivity contribution in [1.82, 2.24) is 4.90 Å². The van der Waals surface area contributed by atoms with Crippen molar-refractivity contribution < 1.29 is 5.11 Å². The van der Waals surface area contributed by atoms with Crippen LogP contribution in [0.1, 0.15) is 13.3 Å². The molecule has 11 heavy (non-hydrogen) atoms. The molecule has 2 unspecified atom stereocenters. The molecule has 0 aromatic carbocycles. The van der Waals surface area contributed by atoms with Gasteiger partial charge in [0.1, 0.15) is 0 Å². The predicted octanol–water partition coefficient (Wildman–Crippen LogP) is -0.352. The zero-order chi connectivity index (χ0) is 8.48. The fraction of sp³-hybridized carbons (Fsp3) is 1.00. The molecule has 1 saturated heterocycles. The second-order valence-electron chi connectivity index (χ2n) is 3.89. The van der Waals surface area contributed by atoms with Gasteiger partial charge in [0, 0.05) is 18.5 Å². The molecule has 0 bridgehead atoms. The first kappa shape index (κ1) is 8.97. The van der Waals surface area contributed by atoms with E-state index in [1.54, 1.807) is 0 Å². The van der Waals surface area contributed by atoms with Gasteiger partial charge in [0.2, 0.25) is 0 Å². The van der Waals surface area contributed by atoms with Gasteiger partial charge in [0.25, 0.3) is 0 Å². The Hall–Kier alpha value is -0.120. The Kier molecular flexibility index (Phi) is 2.52. The number of aliphatic hydroxyl groups is 1. The first-order valence-corrected chi connectivity index (χ1v) is 4.15. The fourth-order valence-electron chi connectivity index (χ4n) is 1.78. The van der Waals surface area contributed by atoms with Crippen LogP contribution in [0.2, 0.25) is 0 Å². The molecule has 0 spiro atoms. The molecule has 0 aromatic heterocycles. The number of hydrogen-bond donors (Lipinski definition) is 2. The highest BCUT2D eigenvalue weighted by Gasteiger charge is 2.37. The minimum atomic E-state index is -0.340. The van der Waals surface area contributed by atoms with E-state index >= 15 is 0 Å². The van der Waals surface area contributed by atoms with Gasteiger partial charge in [-0.1, -0.05) is 6.92 Å². The number of nitrogens with zero attached hydrogens (tertiary/aromatic N) is 1. The smallest absolute Gasteiger partial charge is 0.0728 e. The zero-order valence-electron chi connectivity index (χ0n) is 7.38. The van der Waals surface area contributed by atoms with Crippen molar-refractivity contribution in [3.05, 3.63) is 0 Å². The highest BCUT2D eigenvalue weighted by molar-refractivity contribution is 4.90. The monoisotopic (exact) mass is 158 g/mol. The average Bonchev–Trinajstić information content (AvgIpc) is 2.31. The molecule has 0 radical (unpaired) electrons. The van der Waals surface area contributed by atoms with E-state index in [4.69, 9.17) is 5.73 Å². The molecule has 1 aliphatic heterocycles. The molecule has 3 heteroatoms. The summed E-state index contributed by atoms with van der Waals surface area (Å²) in [7, 11) is 2.08. The lowest BCUT2D eigenvalue weighted by atomic mass is 9.83. The lowest BCUT2D eigenvalue weighted by molar-refractivity contribution is 0.0521. The number of hydrogen-bond acceptors (Lipinski definition) is 3. The van der Waals surface area contributed by atoms with Gasteiger partial charge in [0.15, 0.2) is 0 Å². The van der Waals surface area contributed by atoms with Crippen molar-refractivity contribution in [1.29, 1.82) is 0 Å². The summed E-state index contributed by atoms with van der Waals surface area (Å²) in [6, 6.07) is 0. The third-order valence-corrected chi connectivity index (χ3v) is 2.72. The molecule has 1 heterocycles.